The molecule has 0 aliphatic heterocycles. The maximum atomic E-state index is 11.7. The molecule has 0 saturated heterocycles. The Labute approximate surface area is 104 Å². The summed E-state index contributed by atoms with van der Waals surface area (Å²) < 4.78 is 0. The Balaban J connectivity index is 2.81. The normalized spacial score (nSPS) is 13.2. The van der Waals surface area contributed by atoms with Crippen molar-refractivity contribution in [3.63, 3.8) is 0 Å². The maximum absolute atomic E-state index is 11.7. The minimum atomic E-state index is -1.36. The number of carbonyl (C=O) groups is 2. The third kappa shape index (κ3) is 3.34. The van der Waals surface area contributed by atoms with Crippen LogP contribution in [0.2, 0.25) is 0 Å². The number of benzene rings is 1. The van der Waals surface area contributed by atoms with Gasteiger partial charge < -0.3 is 15.5 Å². The van der Waals surface area contributed by atoms with Gasteiger partial charge in [0.15, 0.2) is 6.04 Å². The lowest BCUT2D eigenvalue weighted by Crippen LogP contribution is -2.47. The van der Waals surface area contributed by atoms with Crippen molar-refractivity contribution in [2.45, 2.75) is 19.1 Å². The predicted octanol–water partition coefficient (Wildman–Crippen LogP) is 0.188. The number of carboxylic acids is 1. The van der Waals surface area contributed by atoms with E-state index in [1.54, 1.807) is 0 Å². The highest BCUT2D eigenvalue weighted by Gasteiger charge is 2.25. The third-order valence-corrected chi connectivity index (χ3v) is 2.33. The molecule has 0 saturated carbocycles. The molecule has 0 bridgehead atoms. The number of hydrogen-bond acceptors (Lipinski definition) is 3. The first-order valence-electron chi connectivity index (χ1n) is 5.20. The van der Waals surface area contributed by atoms with Crippen LogP contribution in [0.25, 0.3) is 0 Å². The number of carbonyl (C=O) groups excluding carboxylic acids is 1. The SMILES string of the molecule is [C]#Cc1ccc(C(=O)NC(C(=O)O)C(C)O)cc1. The van der Waals surface area contributed by atoms with Crippen molar-refractivity contribution < 1.29 is 19.8 Å². The van der Waals surface area contributed by atoms with Gasteiger partial charge in [0.1, 0.15) is 0 Å². The van der Waals surface area contributed by atoms with Crippen LogP contribution in [0.5, 0.6) is 0 Å². The van der Waals surface area contributed by atoms with Gasteiger partial charge in [-0.25, -0.2) is 4.79 Å². The van der Waals surface area contributed by atoms with E-state index < -0.39 is 24.0 Å². The number of aliphatic hydroxyl groups excluding tert-OH is 1. The van der Waals surface area contributed by atoms with Crippen LogP contribution in [0.15, 0.2) is 24.3 Å². The van der Waals surface area contributed by atoms with Gasteiger partial charge in [-0.05, 0) is 37.6 Å². The van der Waals surface area contributed by atoms with Gasteiger partial charge >= 0.3 is 5.97 Å². The first-order valence-corrected chi connectivity index (χ1v) is 5.20. The molecule has 1 aromatic carbocycles. The van der Waals surface area contributed by atoms with Gasteiger partial charge in [-0.15, -0.1) is 0 Å². The molecular weight excluding hydrogens is 234 g/mol. The maximum Gasteiger partial charge on any atom is 0.328 e. The Kier molecular flexibility index (Phi) is 4.46. The van der Waals surface area contributed by atoms with Crippen LogP contribution in [-0.2, 0) is 4.79 Å². The van der Waals surface area contributed by atoms with Crippen LogP contribution in [0, 0.1) is 12.3 Å². The standard InChI is InChI=1S/C13H12NO4/c1-3-9-4-6-10(7-5-9)12(16)14-11(8(2)15)13(17)18/h4-8,11,15H,2H3,(H,14,16)(H,17,18). The van der Waals surface area contributed by atoms with E-state index in [9.17, 15) is 14.7 Å². The monoisotopic (exact) mass is 246 g/mol. The number of aliphatic carboxylic acids is 1. The zero-order chi connectivity index (χ0) is 13.7. The molecule has 0 fully saturated rings. The van der Waals surface area contributed by atoms with Crippen LogP contribution in [-0.4, -0.2) is 34.2 Å². The number of carboxylic acid groups (broad SMARTS) is 1. The lowest BCUT2D eigenvalue weighted by atomic mass is 10.1. The quantitative estimate of drug-likeness (QED) is 0.662. The largest absolute Gasteiger partial charge is 0.480 e. The molecule has 0 heterocycles. The van der Waals surface area contributed by atoms with Crippen molar-refractivity contribution in [3.8, 4) is 5.92 Å². The topological polar surface area (TPSA) is 86.6 Å². The van der Waals surface area contributed by atoms with Gasteiger partial charge in [-0.3, -0.25) is 4.79 Å². The molecule has 5 heteroatoms. The van der Waals surface area contributed by atoms with E-state index in [-0.39, 0.29) is 5.56 Å². The second-order valence-corrected chi connectivity index (χ2v) is 3.73. The lowest BCUT2D eigenvalue weighted by molar-refractivity contribution is -0.141. The summed E-state index contributed by atoms with van der Waals surface area (Å²) in [7, 11) is 0. The van der Waals surface area contributed by atoms with E-state index >= 15 is 0 Å². The summed E-state index contributed by atoms with van der Waals surface area (Å²) in [6.45, 7) is 1.28. The number of nitrogens with one attached hydrogen (secondary N) is 1. The average molecular weight is 246 g/mol. The summed E-state index contributed by atoms with van der Waals surface area (Å²) in [4.78, 5) is 22.5. The minimum absolute atomic E-state index is 0.251. The number of hydrogen-bond donors (Lipinski definition) is 3. The van der Waals surface area contributed by atoms with Crippen molar-refractivity contribution in [3.05, 3.63) is 41.8 Å². The highest BCUT2D eigenvalue weighted by Crippen LogP contribution is 2.04. The van der Waals surface area contributed by atoms with Crippen LogP contribution >= 0.6 is 0 Å². The number of amides is 1. The van der Waals surface area contributed by atoms with Gasteiger partial charge in [0.25, 0.3) is 5.91 Å². The number of rotatable bonds is 4. The summed E-state index contributed by atoms with van der Waals surface area (Å²) in [6, 6.07) is 4.58. The Morgan fingerprint density at radius 3 is 2.28 bits per heavy atom. The van der Waals surface area contributed by atoms with E-state index in [0.717, 1.165) is 0 Å². The van der Waals surface area contributed by atoms with Gasteiger partial charge in [0.05, 0.1) is 6.10 Å². The van der Waals surface area contributed by atoms with Crippen LogP contribution in [0.4, 0.5) is 0 Å². The smallest absolute Gasteiger partial charge is 0.328 e. The highest BCUT2D eigenvalue weighted by molar-refractivity contribution is 5.96. The average Bonchev–Trinajstić information content (AvgIpc) is 2.35. The molecule has 18 heavy (non-hydrogen) atoms. The molecule has 0 spiro atoms. The molecule has 0 aromatic heterocycles. The zero-order valence-corrected chi connectivity index (χ0v) is 9.68. The lowest BCUT2D eigenvalue weighted by Gasteiger charge is -2.16. The van der Waals surface area contributed by atoms with Gasteiger partial charge in [0, 0.05) is 11.1 Å². The molecule has 0 aliphatic carbocycles. The third-order valence-electron chi connectivity index (χ3n) is 2.33. The van der Waals surface area contributed by atoms with Crippen LogP contribution in [0.3, 0.4) is 0 Å². The molecule has 2 atom stereocenters. The van der Waals surface area contributed by atoms with Crippen molar-refractivity contribution in [1.29, 1.82) is 0 Å². The first kappa shape index (κ1) is 13.7. The molecular formula is C13H12NO4. The molecule has 2 unspecified atom stereocenters. The van der Waals surface area contributed by atoms with Gasteiger partial charge in [0.2, 0.25) is 0 Å². The zero-order valence-electron chi connectivity index (χ0n) is 9.68. The fourth-order valence-electron chi connectivity index (χ4n) is 1.32. The van der Waals surface area contributed by atoms with Gasteiger partial charge in [-0.2, -0.15) is 0 Å². The Morgan fingerprint density at radius 1 is 1.33 bits per heavy atom. The molecule has 1 radical (unpaired) electrons. The Bertz CT molecular complexity index is 485. The highest BCUT2D eigenvalue weighted by atomic mass is 16.4. The summed E-state index contributed by atoms with van der Waals surface area (Å²) >= 11 is 0. The molecule has 93 valence electrons. The molecule has 5 nitrogen and oxygen atoms in total. The number of aliphatic hydroxyl groups is 1. The van der Waals surface area contributed by atoms with Crippen LogP contribution < -0.4 is 5.32 Å². The Hall–Kier alpha value is -2.32. The minimum Gasteiger partial charge on any atom is -0.480 e. The molecule has 3 N–H and O–H groups in total. The van der Waals surface area contributed by atoms with Crippen molar-refractivity contribution in [1.82, 2.24) is 5.32 Å². The summed E-state index contributed by atoms with van der Waals surface area (Å²) in [5, 5.41) is 20.3. The fourth-order valence-corrected chi connectivity index (χ4v) is 1.32. The fraction of sp³-hybridized carbons (Fsp3) is 0.231. The summed E-state index contributed by atoms with van der Waals surface area (Å²) in [6.07, 6.45) is 5.69. The van der Waals surface area contributed by atoms with Gasteiger partial charge in [-0.1, -0.05) is 5.92 Å². The predicted molar refractivity (Wildman–Crippen MR) is 63.2 cm³/mol. The molecule has 0 aliphatic rings. The summed E-state index contributed by atoms with van der Waals surface area (Å²) in [5.74, 6) is 0.254. The molecule has 1 aromatic rings. The molecule has 1 amide bonds. The van der Waals surface area contributed by atoms with E-state index in [1.165, 1.54) is 31.2 Å². The summed E-state index contributed by atoms with van der Waals surface area (Å²) in [5.41, 5.74) is 0.762. The van der Waals surface area contributed by atoms with E-state index in [2.05, 4.69) is 11.2 Å². The second kappa shape index (κ2) is 5.84. The van der Waals surface area contributed by atoms with Crippen molar-refractivity contribution in [2.75, 3.05) is 0 Å². The second-order valence-electron chi connectivity index (χ2n) is 3.73. The molecule has 1 rings (SSSR count). The van der Waals surface area contributed by atoms with E-state index in [0.29, 0.717) is 5.56 Å². The van der Waals surface area contributed by atoms with Crippen LogP contribution in [0.1, 0.15) is 22.8 Å². The Morgan fingerprint density at radius 2 is 1.89 bits per heavy atom. The van der Waals surface area contributed by atoms with E-state index in [1.807, 2.05) is 0 Å². The van der Waals surface area contributed by atoms with Crippen molar-refractivity contribution >= 4 is 11.9 Å². The van der Waals surface area contributed by atoms with Crippen molar-refractivity contribution in [2.24, 2.45) is 0 Å². The van der Waals surface area contributed by atoms with E-state index in [4.69, 9.17) is 11.5 Å². The first-order chi connectivity index (χ1) is 8.45.